The van der Waals surface area contributed by atoms with Gasteiger partial charge in [0.25, 0.3) is 0 Å². The lowest BCUT2D eigenvalue weighted by Crippen LogP contribution is -2.16. The smallest absolute Gasteiger partial charge is 0.250 e. The van der Waals surface area contributed by atoms with E-state index in [-0.39, 0.29) is 17.5 Å². The Morgan fingerprint density at radius 3 is 1.94 bits per heavy atom. The van der Waals surface area contributed by atoms with Crippen molar-refractivity contribution in [1.29, 1.82) is 0 Å². The van der Waals surface area contributed by atoms with Crippen LogP contribution in [0.2, 0.25) is 0 Å². The molecule has 0 aliphatic carbocycles. The molecule has 2 aromatic carbocycles. The summed E-state index contributed by atoms with van der Waals surface area (Å²) in [5.74, 6) is 0.637. The van der Waals surface area contributed by atoms with E-state index >= 15 is 0 Å². The van der Waals surface area contributed by atoms with Crippen molar-refractivity contribution in [2.24, 2.45) is 7.05 Å². The Balaban J connectivity index is 1.89. The van der Waals surface area contributed by atoms with Crippen LogP contribution in [0.3, 0.4) is 0 Å². The van der Waals surface area contributed by atoms with Gasteiger partial charge < -0.3 is 9.30 Å². The number of benzene rings is 2. The van der Waals surface area contributed by atoms with Crippen LogP contribution in [0, 0.1) is 0 Å². The van der Waals surface area contributed by atoms with Gasteiger partial charge in [0.15, 0.2) is 17.5 Å². The van der Waals surface area contributed by atoms with Gasteiger partial charge in [-0.3, -0.25) is 0 Å². The zero-order chi connectivity index (χ0) is 24.7. The minimum atomic E-state index is -1.93. The second kappa shape index (κ2) is 9.73. The summed E-state index contributed by atoms with van der Waals surface area (Å²) in [4.78, 5) is 12.5. The minimum absolute atomic E-state index is 0.151. The minimum Gasteiger partial charge on any atom is -0.497 e. The topological polar surface area (TPSA) is 52.8 Å². The maximum atomic E-state index is 5.99. The number of para-hydroxylation sites is 1. The summed E-state index contributed by atoms with van der Waals surface area (Å²) in [5.41, 5.74) is 3.97. The van der Waals surface area contributed by atoms with E-state index in [9.17, 15) is 0 Å². The van der Waals surface area contributed by atoms with E-state index in [1.54, 1.807) is 13.2 Å². The number of alkyl halides is 6. The fourth-order valence-electron chi connectivity index (χ4n) is 3.57. The lowest BCUT2D eigenvalue weighted by Gasteiger charge is -2.14. The van der Waals surface area contributed by atoms with Crippen molar-refractivity contribution >= 4 is 92.7 Å². The van der Waals surface area contributed by atoms with Gasteiger partial charge in [0.1, 0.15) is 5.75 Å². The number of methoxy groups -OCH3 is 1. The van der Waals surface area contributed by atoms with E-state index in [1.807, 2.05) is 61.7 Å². The molecule has 0 unspecified atom stereocenters. The molecule has 0 saturated heterocycles. The largest absolute Gasteiger partial charge is 0.497 e. The van der Waals surface area contributed by atoms with Crippen molar-refractivity contribution in [2.45, 2.75) is 7.59 Å². The van der Waals surface area contributed by atoms with Crippen molar-refractivity contribution in [1.82, 2.24) is 19.5 Å². The summed E-state index contributed by atoms with van der Waals surface area (Å²) in [5, 5.41) is 1.03. The molecule has 5 nitrogen and oxygen atoms in total. The van der Waals surface area contributed by atoms with Crippen LogP contribution in [-0.4, -0.2) is 26.6 Å². The second-order valence-corrected chi connectivity index (χ2v) is 11.8. The number of hydrogen-bond donors (Lipinski definition) is 0. The molecular formula is C23H16Cl6N4O. The first-order valence-corrected chi connectivity index (χ1v) is 12.1. The van der Waals surface area contributed by atoms with Crippen LogP contribution in [0.25, 0.3) is 34.3 Å². The molecule has 11 heteroatoms. The Morgan fingerprint density at radius 2 is 1.38 bits per heavy atom. The third-order valence-corrected chi connectivity index (χ3v) is 6.08. The lowest BCUT2D eigenvalue weighted by atomic mass is 10.0. The molecule has 0 bridgehead atoms. The fraction of sp³-hybridized carbons (Fsp3) is 0.174. The van der Waals surface area contributed by atoms with Crippen molar-refractivity contribution in [3.8, 4) is 17.0 Å². The summed E-state index contributed by atoms with van der Waals surface area (Å²) in [6, 6.07) is 15.9. The lowest BCUT2D eigenvalue weighted by molar-refractivity contribution is 0.415. The van der Waals surface area contributed by atoms with E-state index in [0.717, 1.165) is 33.5 Å². The Kier molecular flexibility index (Phi) is 7.26. The van der Waals surface area contributed by atoms with Gasteiger partial charge in [0, 0.05) is 23.5 Å². The molecule has 0 saturated carbocycles. The zero-order valence-corrected chi connectivity index (χ0v) is 22.3. The Morgan fingerprint density at radius 1 is 0.794 bits per heavy atom. The normalized spacial score (nSPS) is 12.6. The molecule has 34 heavy (non-hydrogen) atoms. The number of nitrogens with zero attached hydrogens (tertiary/aromatic N) is 4. The Hall–Kier alpha value is -1.73. The van der Waals surface area contributed by atoms with Crippen molar-refractivity contribution in [3.05, 3.63) is 71.6 Å². The first kappa shape index (κ1) is 25.4. The van der Waals surface area contributed by atoms with Gasteiger partial charge in [-0.05, 0) is 48.0 Å². The summed E-state index contributed by atoms with van der Waals surface area (Å²) in [6.45, 7) is 0. The molecule has 0 aliphatic heterocycles. The fourth-order valence-corrected chi connectivity index (χ4v) is 4.07. The maximum absolute atomic E-state index is 5.99. The summed E-state index contributed by atoms with van der Waals surface area (Å²) in [7, 11) is 3.63. The van der Waals surface area contributed by atoms with Crippen LogP contribution in [0.1, 0.15) is 23.0 Å². The first-order valence-electron chi connectivity index (χ1n) is 9.79. The SMILES string of the molecule is COc1ccc(-c2c(C=Cc3nc(C(Cl)(Cl)Cl)nc(C(Cl)(Cl)Cl)n3)c3ccccc3n2C)cc1. The predicted octanol–water partition coefficient (Wildman–Crippen LogP) is 7.86. The van der Waals surface area contributed by atoms with E-state index in [4.69, 9.17) is 74.3 Å². The number of hydrogen-bond acceptors (Lipinski definition) is 4. The first-order chi connectivity index (χ1) is 16.0. The number of halogens is 6. The predicted molar refractivity (Wildman–Crippen MR) is 142 cm³/mol. The highest BCUT2D eigenvalue weighted by Gasteiger charge is 2.33. The number of aryl methyl sites for hydroxylation is 1. The number of ether oxygens (including phenoxy) is 1. The molecule has 4 aromatic rings. The van der Waals surface area contributed by atoms with Gasteiger partial charge in [-0.15, -0.1) is 0 Å². The summed E-state index contributed by atoms with van der Waals surface area (Å²) in [6.07, 6.45) is 3.54. The molecule has 176 valence electrons. The number of fused-ring (bicyclic) bond motifs is 1. The summed E-state index contributed by atoms with van der Waals surface area (Å²) >= 11 is 36.0. The second-order valence-electron chi connectivity index (χ2n) is 7.24. The Labute approximate surface area is 226 Å². The van der Waals surface area contributed by atoms with Crippen LogP contribution in [0.15, 0.2) is 48.5 Å². The molecule has 0 fully saturated rings. The molecule has 2 aromatic heterocycles. The average Bonchev–Trinajstić information content (AvgIpc) is 3.08. The summed E-state index contributed by atoms with van der Waals surface area (Å²) < 4.78 is 3.56. The maximum Gasteiger partial charge on any atom is 0.250 e. The van der Waals surface area contributed by atoms with E-state index in [1.165, 1.54) is 0 Å². The molecule has 0 radical (unpaired) electrons. The average molecular weight is 577 g/mol. The van der Waals surface area contributed by atoms with Crippen LogP contribution in [0.4, 0.5) is 0 Å². The molecule has 0 aliphatic rings. The van der Waals surface area contributed by atoms with Crippen LogP contribution in [0.5, 0.6) is 5.75 Å². The van der Waals surface area contributed by atoms with Crippen LogP contribution < -0.4 is 4.74 Å². The Bertz CT molecular complexity index is 1340. The van der Waals surface area contributed by atoms with Gasteiger partial charge in [-0.25, -0.2) is 15.0 Å². The molecule has 0 N–H and O–H groups in total. The standard InChI is InChI=1S/C23H16Cl6N4O/c1-33-17-6-4-3-5-15(17)16(19(33)13-7-9-14(34-2)10-8-13)11-12-18-30-20(22(24,25)26)32-21(31-18)23(27,28)29/h3-12H,1-2H3. The third kappa shape index (κ3) is 5.25. The molecule has 0 amide bonds. The van der Waals surface area contributed by atoms with Crippen LogP contribution in [-0.2, 0) is 14.6 Å². The highest BCUT2D eigenvalue weighted by molar-refractivity contribution is 6.67. The van der Waals surface area contributed by atoms with Gasteiger partial charge >= 0.3 is 0 Å². The molecular weight excluding hydrogens is 561 g/mol. The monoisotopic (exact) mass is 574 g/mol. The molecule has 0 spiro atoms. The van der Waals surface area contributed by atoms with Crippen molar-refractivity contribution < 1.29 is 4.74 Å². The number of rotatable bonds is 4. The highest BCUT2D eigenvalue weighted by atomic mass is 35.6. The van der Waals surface area contributed by atoms with Crippen LogP contribution >= 0.6 is 69.6 Å². The van der Waals surface area contributed by atoms with Gasteiger partial charge in [0.2, 0.25) is 7.59 Å². The van der Waals surface area contributed by atoms with Gasteiger partial charge in [0.05, 0.1) is 12.8 Å². The van der Waals surface area contributed by atoms with Gasteiger partial charge in [-0.1, -0.05) is 87.8 Å². The highest BCUT2D eigenvalue weighted by Crippen LogP contribution is 2.40. The van der Waals surface area contributed by atoms with Gasteiger partial charge in [-0.2, -0.15) is 0 Å². The van der Waals surface area contributed by atoms with E-state index in [2.05, 4.69) is 19.5 Å². The quantitative estimate of drug-likeness (QED) is 0.232. The molecule has 4 rings (SSSR count). The number of aromatic nitrogens is 4. The van der Waals surface area contributed by atoms with E-state index < -0.39 is 7.59 Å². The molecule has 0 atom stereocenters. The molecule has 2 heterocycles. The van der Waals surface area contributed by atoms with Crippen molar-refractivity contribution in [3.63, 3.8) is 0 Å². The van der Waals surface area contributed by atoms with E-state index in [0.29, 0.717) is 0 Å². The third-order valence-electron chi connectivity index (χ3n) is 5.07. The van der Waals surface area contributed by atoms with Crippen molar-refractivity contribution in [2.75, 3.05) is 7.11 Å². The zero-order valence-electron chi connectivity index (χ0n) is 17.7.